The van der Waals surface area contributed by atoms with Crippen LogP contribution in [-0.2, 0) is 0 Å². The molecular weight excluding hydrogens is 238 g/mol. The molecule has 0 saturated heterocycles. The van der Waals surface area contributed by atoms with Crippen molar-refractivity contribution in [3.8, 4) is 5.75 Å². The van der Waals surface area contributed by atoms with Crippen molar-refractivity contribution in [2.75, 3.05) is 5.43 Å². The topological polar surface area (TPSA) is 49.4 Å². The van der Waals surface area contributed by atoms with Gasteiger partial charge in [-0.15, -0.1) is 5.10 Å². The highest BCUT2D eigenvalue weighted by atomic mass is 16.5. The average Bonchev–Trinajstić information content (AvgIpc) is 2.94. The van der Waals surface area contributed by atoms with Crippen molar-refractivity contribution in [2.24, 2.45) is 5.10 Å². The first kappa shape index (κ1) is 11.3. The zero-order valence-corrected chi connectivity index (χ0v) is 10.2. The van der Waals surface area contributed by atoms with E-state index in [-0.39, 0.29) is 0 Å². The first-order chi connectivity index (χ1) is 9.43. The Bertz CT molecular complexity index is 689. The van der Waals surface area contributed by atoms with Crippen LogP contribution in [0, 0.1) is 0 Å². The number of aromatic nitrogens is 1. The third kappa shape index (κ3) is 2.57. The number of aromatic amines is 1. The summed E-state index contributed by atoms with van der Waals surface area (Å²) in [7, 11) is 0. The maximum Gasteiger partial charge on any atom is 0.199 e. The van der Waals surface area contributed by atoms with Crippen molar-refractivity contribution in [1.82, 2.24) is 4.98 Å². The monoisotopic (exact) mass is 251 g/mol. The number of hydrogen-bond donors (Lipinski definition) is 2. The van der Waals surface area contributed by atoms with Crippen molar-refractivity contribution in [2.45, 2.75) is 0 Å². The number of nitrogens with one attached hydrogen (secondary N) is 2. The first-order valence-corrected chi connectivity index (χ1v) is 5.99. The molecule has 0 fully saturated rings. The lowest BCUT2D eigenvalue weighted by Crippen LogP contribution is -1.95. The van der Waals surface area contributed by atoms with Crippen LogP contribution in [0.15, 0.2) is 65.9 Å². The number of H-pyrrole nitrogens is 1. The summed E-state index contributed by atoms with van der Waals surface area (Å²) in [6.07, 6.45) is 3.29. The van der Waals surface area contributed by atoms with Crippen molar-refractivity contribution >= 4 is 23.0 Å². The second-order valence-corrected chi connectivity index (χ2v) is 4.02. The average molecular weight is 251 g/mol. The SMILES string of the molecule is C(=NNc1cccc2[nH]ccc12)Oc1ccccc1. The Labute approximate surface area is 110 Å². The number of ether oxygens (including phenoxy) is 1. The van der Waals surface area contributed by atoms with E-state index in [1.54, 1.807) is 0 Å². The van der Waals surface area contributed by atoms with Crippen LogP contribution in [0.4, 0.5) is 5.69 Å². The molecule has 0 amide bonds. The second-order valence-electron chi connectivity index (χ2n) is 4.02. The van der Waals surface area contributed by atoms with Gasteiger partial charge in [-0.1, -0.05) is 24.3 Å². The highest BCUT2D eigenvalue weighted by molar-refractivity contribution is 5.91. The normalized spacial score (nSPS) is 10.9. The Hall–Kier alpha value is -2.75. The van der Waals surface area contributed by atoms with Crippen LogP contribution in [0.3, 0.4) is 0 Å². The number of anilines is 1. The molecular formula is C15H13N3O. The summed E-state index contributed by atoms with van der Waals surface area (Å²) >= 11 is 0. The van der Waals surface area contributed by atoms with Crippen LogP contribution < -0.4 is 10.2 Å². The molecule has 0 spiro atoms. The molecule has 0 aliphatic rings. The third-order valence-electron chi connectivity index (χ3n) is 2.76. The molecule has 2 aromatic carbocycles. The molecule has 0 aliphatic carbocycles. The lowest BCUT2D eigenvalue weighted by molar-refractivity contribution is 0.573. The quantitative estimate of drug-likeness (QED) is 0.423. The standard InChI is InChI=1S/C15H13N3O/c1-2-5-12(6-3-1)19-11-17-18-15-8-4-7-14-13(15)9-10-16-14/h1-11,16,18H. The van der Waals surface area contributed by atoms with Gasteiger partial charge in [-0.3, -0.25) is 5.43 Å². The van der Waals surface area contributed by atoms with Crippen molar-refractivity contribution in [3.05, 3.63) is 60.8 Å². The van der Waals surface area contributed by atoms with Gasteiger partial charge in [-0.2, -0.15) is 0 Å². The molecule has 3 aromatic rings. The summed E-state index contributed by atoms with van der Waals surface area (Å²) in [5.41, 5.74) is 4.98. The maximum absolute atomic E-state index is 5.36. The molecule has 1 aromatic heterocycles. The molecule has 19 heavy (non-hydrogen) atoms. The van der Waals surface area contributed by atoms with Crippen LogP contribution >= 0.6 is 0 Å². The third-order valence-corrected chi connectivity index (χ3v) is 2.76. The summed E-state index contributed by atoms with van der Waals surface area (Å²) in [5, 5.41) is 5.15. The largest absolute Gasteiger partial charge is 0.444 e. The molecule has 94 valence electrons. The van der Waals surface area contributed by atoms with Crippen molar-refractivity contribution in [1.29, 1.82) is 0 Å². The zero-order valence-electron chi connectivity index (χ0n) is 10.2. The summed E-state index contributed by atoms with van der Waals surface area (Å²) < 4.78 is 5.36. The number of rotatable bonds is 4. The molecule has 2 N–H and O–H groups in total. The van der Waals surface area contributed by atoms with Gasteiger partial charge in [-0.25, -0.2) is 0 Å². The molecule has 4 nitrogen and oxygen atoms in total. The van der Waals surface area contributed by atoms with Crippen LogP contribution in [0.1, 0.15) is 0 Å². The van der Waals surface area contributed by atoms with Gasteiger partial charge in [0.2, 0.25) is 0 Å². The smallest absolute Gasteiger partial charge is 0.199 e. The van der Waals surface area contributed by atoms with Crippen LogP contribution in [0.2, 0.25) is 0 Å². The summed E-state index contributed by atoms with van der Waals surface area (Å²) in [6, 6.07) is 17.5. The Morgan fingerprint density at radius 3 is 2.79 bits per heavy atom. The van der Waals surface area contributed by atoms with E-state index in [1.807, 2.05) is 60.8 Å². The van der Waals surface area contributed by atoms with Gasteiger partial charge in [0, 0.05) is 17.1 Å². The van der Waals surface area contributed by atoms with Crippen LogP contribution in [-0.4, -0.2) is 11.4 Å². The number of fused-ring (bicyclic) bond motifs is 1. The molecule has 0 atom stereocenters. The molecule has 0 radical (unpaired) electrons. The van der Waals surface area contributed by atoms with Gasteiger partial charge in [0.15, 0.2) is 6.40 Å². The van der Waals surface area contributed by atoms with E-state index in [1.165, 1.54) is 6.40 Å². The van der Waals surface area contributed by atoms with E-state index in [0.29, 0.717) is 0 Å². The number of nitrogens with zero attached hydrogens (tertiary/aromatic N) is 1. The lowest BCUT2D eigenvalue weighted by Gasteiger charge is -2.02. The second kappa shape index (κ2) is 5.27. The minimum atomic E-state index is 0.757. The van der Waals surface area contributed by atoms with Gasteiger partial charge in [0.05, 0.1) is 5.69 Å². The lowest BCUT2D eigenvalue weighted by atomic mass is 10.2. The summed E-state index contributed by atoms with van der Waals surface area (Å²) in [6.45, 7) is 0. The summed E-state index contributed by atoms with van der Waals surface area (Å²) in [5.74, 6) is 0.757. The molecule has 0 unspecified atom stereocenters. The molecule has 0 bridgehead atoms. The van der Waals surface area contributed by atoms with Crippen LogP contribution in [0.5, 0.6) is 5.75 Å². The van der Waals surface area contributed by atoms with E-state index in [9.17, 15) is 0 Å². The fourth-order valence-electron chi connectivity index (χ4n) is 1.87. The predicted molar refractivity (Wildman–Crippen MR) is 77.5 cm³/mol. The van der Waals surface area contributed by atoms with Crippen LogP contribution in [0.25, 0.3) is 10.9 Å². The molecule has 1 heterocycles. The van der Waals surface area contributed by atoms with Gasteiger partial charge in [0.1, 0.15) is 5.75 Å². The molecule has 0 aliphatic heterocycles. The molecule has 3 rings (SSSR count). The van der Waals surface area contributed by atoms with E-state index >= 15 is 0 Å². The Morgan fingerprint density at radius 1 is 1.00 bits per heavy atom. The summed E-state index contributed by atoms with van der Waals surface area (Å²) in [4.78, 5) is 3.15. The number of hydrogen-bond acceptors (Lipinski definition) is 3. The number of para-hydroxylation sites is 1. The van der Waals surface area contributed by atoms with E-state index in [4.69, 9.17) is 4.74 Å². The minimum Gasteiger partial charge on any atom is -0.444 e. The molecule has 4 heteroatoms. The van der Waals surface area contributed by atoms with Gasteiger partial charge < -0.3 is 9.72 Å². The van der Waals surface area contributed by atoms with Gasteiger partial charge in [-0.05, 0) is 30.3 Å². The highest BCUT2D eigenvalue weighted by Crippen LogP contribution is 2.21. The Balaban J connectivity index is 1.67. The van der Waals surface area contributed by atoms with Gasteiger partial charge >= 0.3 is 0 Å². The Kier molecular flexibility index (Phi) is 3.14. The highest BCUT2D eigenvalue weighted by Gasteiger charge is 1.99. The fraction of sp³-hybridized carbons (Fsp3) is 0. The maximum atomic E-state index is 5.36. The number of benzene rings is 2. The number of hydrazone groups is 1. The van der Waals surface area contributed by atoms with Crippen molar-refractivity contribution in [3.63, 3.8) is 0 Å². The zero-order chi connectivity index (χ0) is 12.9. The Morgan fingerprint density at radius 2 is 1.89 bits per heavy atom. The first-order valence-electron chi connectivity index (χ1n) is 5.99. The van der Waals surface area contributed by atoms with Crippen molar-refractivity contribution < 1.29 is 4.74 Å². The van der Waals surface area contributed by atoms with E-state index < -0.39 is 0 Å². The van der Waals surface area contributed by atoms with E-state index in [2.05, 4.69) is 15.5 Å². The molecule has 0 saturated carbocycles. The fourth-order valence-corrected chi connectivity index (χ4v) is 1.87. The van der Waals surface area contributed by atoms with E-state index in [0.717, 1.165) is 22.3 Å². The van der Waals surface area contributed by atoms with Gasteiger partial charge in [0.25, 0.3) is 0 Å². The minimum absolute atomic E-state index is 0.757. The predicted octanol–water partition coefficient (Wildman–Crippen LogP) is 3.60.